The van der Waals surface area contributed by atoms with Crippen LogP contribution in [0.25, 0.3) is 11.4 Å². The SMILES string of the molecule is C.C=[C-]C.COCCCCCCCl.Cc1cc[n+]2c(c1)-c1cc(CCC(=O)NCCOCCCN3CCN(C)CC3)cc[n+]1CC2.[F-].[K+]. The first-order chi connectivity index (χ1) is 21.9. The topological polar surface area (TPSA) is 61.8 Å². The molecule has 8 nitrogen and oxygen atoms in total. The maximum absolute atomic E-state index is 12.3. The smallest absolute Gasteiger partial charge is 1.00 e. The number of alkyl halides is 1. The summed E-state index contributed by atoms with van der Waals surface area (Å²) >= 11 is 5.48. The molecule has 11 heteroatoms. The van der Waals surface area contributed by atoms with E-state index in [-0.39, 0.29) is 69.4 Å². The van der Waals surface area contributed by atoms with Gasteiger partial charge in [-0.15, -0.1) is 11.6 Å². The van der Waals surface area contributed by atoms with Gasteiger partial charge >= 0.3 is 51.4 Å². The Labute approximate surface area is 339 Å². The van der Waals surface area contributed by atoms with Crippen LogP contribution in [0.3, 0.4) is 0 Å². The van der Waals surface area contributed by atoms with E-state index in [0.717, 1.165) is 84.2 Å². The predicted molar refractivity (Wildman–Crippen MR) is 190 cm³/mol. The maximum Gasteiger partial charge on any atom is 1.00 e. The first-order valence-corrected chi connectivity index (χ1v) is 17.2. The average Bonchev–Trinajstić information content (AvgIpc) is 3.04. The third-order valence-corrected chi connectivity index (χ3v) is 8.20. The zero-order chi connectivity index (χ0) is 32.7. The van der Waals surface area contributed by atoms with E-state index >= 15 is 0 Å². The number of halogens is 2. The molecule has 1 N–H and O–H groups in total. The molecule has 268 valence electrons. The molecule has 0 aromatic carbocycles. The van der Waals surface area contributed by atoms with Gasteiger partial charge < -0.3 is 35.4 Å². The molecule has 2 aromatic rings. The van der Waals surface area contributed by atoms with Crippen LogP contribution in [-0.4, -0.2) is 94.8 Å². The third-order valence-electron chi connectivity index (χ3n) is 7.94. The Morgan fingerprint density at radius 2 is 1.60 bits per heavy atom. The number of nitrogens with zero attached hydrogens (tertiary/aromatic N) is 4. The molecular formula is C37H63ClFKN5O3+. The summed E-state index contributed by atoms with van der Waals surface area (Å²) in [6.45, 7) is 17.6. The fourth-order valence-corrected chi connectivity index (χ4v) is 5.47. The van der Waals surface area contributed by atoms with E-state index in [0.29, 0.717) is 19.6 Å². The van der Waals surface area contributed by atoms with Gasteiger partial charge in [0, 0.05) is 96.2 Å². The molecule has 1 amide bonds. The van der Waals surface area contributed by atoms with Crippen molar-refractivity contribution < 1.29 is 79.5 Å². The van der Waals surface area contributed by atoms with Crippen LogP contribution in [0.4, 0.5) is 0 Å². The Balaban J connectivity index is 0. The Morgan fingerprint density at radius 1 is 0.979 bits per heavy atom. The Kier molecular flexibility index (Phi) is 31.8. The standard InChI is InChI=1S/C26H38N5O2.C7H15ClO.C3H5.CH4.FH.K/c1-22-6-10-30-16-17-31-11-7-23(21-25(31)24(30)20-22)4-5-26(32)27-8-19-33-18-3-9-29-14-12-28(2)13-15-29;1-9-7-5-3-2-4-6-8;1-3-2;;;/h6-7,10-11,20-21H,3-5,8-9,12-19H2,1-2H3;2-7H2,1H3;1H2,2H3;1H4;1H;/q+1;;-1;;;+1. The summed E-state index contributed by atoms with van der Waals surface area (Å²) < 4.78 is 15.2. The number of carbonyl (C=O) groups excluding carboxylic acids is 1. The molecule has 4 rings (SSSR count). The van der Waals surface area contributed by atoms with Crippen LogP contribution in [0, 0.1) is 13.0 Å². The number of allylic oxidation sites excluding steroid dienone is 1. The van der Waals surface area contributed by atoms with E-state index in [2.05, 4.69) is 87.5 Å². The summed E-state index contributed by atoms with van der Waals surface area (Å²) in [5, 5.41) is 2.99. The Bertz CT molecular complexity index is 1120. The molecule has 0 radical (unpaired) electrons. The van der Waals surface area contributed by atoms with Gasteiger partial charge in [0.1, 0.15) is 0 Å². The Morgan fingerprint density at radius 3 is 2.25 bits per heavy atom. The van der Waals surface area contributed by atoms with E-state index in [1.165, 1.54) is 41.8 Å². The van der Waals surface area contributed by atoms with E-state index in [9.17, 15) is 4.79 Å². The van der Waals surface area contributed by atoms with Crippen molar-refractivity contribution in [2.75, 3.05) is 79.1 Å². The summed E-state index contributed by atoms with van der Waals surface area (Å²) in [4.78, 5) is 17.2. The van der Waals surface area contributed by atoms with Crippen molar-refractivity contribution in [3.8, 4) is 11.4 Å². The second-order valence-corrected chi connectivity index (χ2v) is 12.2. The largest absolute Gasteiger partial charge is 1.00 e. The van der Waals surface area contributed by atoms with Crippen molar-refractivity contribution in [3.63, 3.8) is 0 Å². The molecule has 2 aliphatic heterocycles. The van der Waals surface area contributed by atoms with Crippen LogP contribution in [0.1, 0.15) is 64.0 Å². The minimum Gasteiger partial charge on any atom is -1.00 e. The molecule has 0 unspecified atom stereocenters. The van der Waals surface area contributed by atoms with Crippen molar-refractivity contribution in [1.29, 1.82) is 0 Å². The maximum atomic E-state index is 12.3. The van der Waals surface area contributed by atoms with Crippen LogP contribution in [-0.2, 0) is 33.8 Å². The molecular weight excluding hydrogens is 656 g/mol. The Hall–Kier alpha value is -0.794. The number of carbonyl (C=O) groups is 1. The second-order valence-electron chi connectivity index (χ2n) is 11.8. The number of aryl methyl sites for hydroxylation is 4. The van der Waals surface area contributed by atoms with Gasteiger partial charge in [0.2, 0.25) is 19.0 Å². The molecule has 1 fully saturated rings. The number of piperazine rings is 1. The number of methoxy groups -OCH3 is 1. The van der Waals surface area contributed by atoms with Gasteiger partial charge in [-0.25, -0.2) is 0 Å². The van der Waals surface area contributed by atoms with Crippen LogP contribution in [0.15, 0.2) is 43.2 Å². The van der Waals surface area contributed by atoms with Crippen molar-refractivity contribution in [2.24, 2.45) is 0 Å². The van der Waals surface area contributed by atoms with Crippen LogP contribution < -0.4 is 70.5 Å². The van der Waals surface area contributed by atoms with E-state index in [1.54, 1.807) is 14.0 Å². The first kappa shape index (κ1) is 49.3. The molecule has 48 heavy (non-hydrogen) atoms. The van der Waals surface area contributed by atoms with Gasteiger partial charge in [-0.2, -0.15) is 16.1 Å². The molecule has 0 aliphatic carbocycles. The van der Waals surface area contributed by atoms with Crippen LogP contribution in [0.5, 0.6) is 0 Å². The molecule has 2 aliphatic rings. The van der Waals surface area contributed by atoms with Gasteiger partial charge in [-0.05, 0) is 50.8 Å². The van der Waals surface area contributed by atoms with Gasteiger partial charge in [0.05, 0.1) is 6.61 Å². The molecule has 2 aromatic heterocycles. The fraction of sp³-hybridized carbons (Fsp3) is 0.649. The monoisotopic (exact) mass is 718 g/mol. The van der Waals surface area contributed by atoms with Gasteiger partial charge in [-0.3, -0.25) is 11.4 Å². The summed E-state index contributed by atoms with van der Waals surface area (Å²) in [6.07, 6.45) is 13.9. The number of unbranched alkanes of at least 4 members (excludes halogenated alkanes) is 3. The van der Waals surface area contributed by atoms with Gasteiger partial charge in [0.25, 0.3) is 11.4 Å². The van der Waals surface area contributed by atoms with E-state index < -0.39 is 0 Å². The summed E-state index contributed by atoms with van der Waals surface area (Å²) in [5.74, 6) is 0.888. The molecule has 0 spiro atoms. The quantitative estimate of drug-likeness (QED) is 0.0797. The number of hydrogen-bond acceptors (Lipinski definition) is 5. The van der Waals surface area contributed by atoms with E-state index in [1.807, 2.05) is 0 Å². The normalized spacial score (nSPS) is 13.4. The van der Waals surface area contributed by atoms with Crippen LogP contribution in [0.2, 0.25) is 0 Å². The van der Waals surface area contributed by atoms with Crippen molar-refractivity contribution in [2.45, 2.75) is 79.3 Å². The average molecular weight is 719 g/mol. The van der Waals surface area contributed by atoms with Crippen molar-refractivity contribution in [1.82, 2.24) is 15.1 Å². The minimum atomic E-state index is 0. The van der Waals surface area contributed by atoms with Crippen molar-refractivity contribution >= 4 is 17.5 Å². The number of rotatable bonds is 16. The minimum absolute atomic E-state index is 0. The van der Waals surface area contributed by atoms with Gasteiger partial charge in [-0.1, -0.05) is 20.3 Å². The van der Waals surface area contributed by atoms with E-state index in [4.69, 9.17) is 21.1 Å². The molecule has 0 bridgehead atoms. The fourth-order valence-electron chi connectivity index (χ4n) is 5.28. The number of ether oxygens (including phenoxy) is 2. The number of fused-ring (bicyclic) bond motifs is 3. The summed E-state index contributed by atoms with van der Waals surface area (Å²) in [5.41, 5.74) is 4.94. The predicted octanol–water partition coefficient (Wildman–Crippen LogP) is -0.975. The van der Waals surface area contributed by atoms with Gasteiger partial charge in [0.15, 0.2) is 12.4 Å². The third kappa shape index (κ3) is 20.8. The van der Waals surface area contributed by atoms with Crippen LogP contribution >= 0.6 is 11.6 Å². The number of pyridine rings is 2. The summed E-state index contributed by atoms with van der Waals surface area (Å²) in [7, 11) is 3.92. The van der Waals surface area contributed by atoms with Crippen molar-refractivity contribution in [3.05, 3.63) is 60.4 Å². The number of amides is 1. The molecule has 4 heterocycles. The number of nitrogens with one attached hydrogen (secondary N) is 1. The molecule has 0 saturated carbocycles. The first-order valence-electron chi connectivity index (χ1n) is 16.7. The molecule has 1 saturated heterocycles. The molecule has 0 atom stereocenters. The zero-order valence-corrected chi connectivity index (χ0v) is 33.8. The number of hydrogen-bond donors (Lipinski definition) is 1. The number of aromatic nitrogens is 2. The summed E-state index contributed by atoms with van der Waals surface area (Å²) in [6, 6.07) is 8.78. The number of likely N-dealkylation sites (N-methyl/N-ethyl adjacent to an activating group) is 1. The second kappa shape index (κ2) is 31.0. The zero-order valence-electron chi connectivity index (χ0n) is 29.9.